The maximum Gasteiger partial charge on any atom is 0.337 e. The van der Waals surface area contributed by atoms with Crippen molar-refractivity contribution in [3.8, 4) is 17.2 Å². The van der Waals surface area contributed by atoms with E-state index in [1.54, 1.807) is 30.3 Å². The smallest absolute Gasteiger partial charge is 0.337 e. The highest BCUT2D eigenvalue weighted by Crippen LogP contribution is 2.35. The van der Waals surface area contributed by atoms with Crippen molar-refractivity contribution in [3.63, 3.8) is 0 Å². The maximum absolute atomic E-state index is 13.2. The predicted molar refractivity (Wildman–Crippen MR) is 112 cm³/mol. The van der Waals surface area contributed by atoms with Crippen molar-refractivity contribution in [2.75, 3.05) is 20.8 Å². The molecular weight excluding hydrogens is 386 g/mol. The van der Waals surface area contributed by atoms with E-state index < -0.39 is 5.97 Å². The number of hydrogen-bond acceptors (Lipinski definition) is 6. The largest absolute Gasteiger partial charge is 0.493 e. The number of carbonyl (C=O) groups is 2. The number of aromatic nitrogens is 1. The summed E-state index contributed by atoms with van der Waals surface area (Å²) in [5.41, 5.74) is 0.483. The summed E-state index contributed by atoms with van der Waals surface area (Å²) in [6.45, 7) is 4.61. The third-order valence-corrected chi connectivity index (χ3v) is 4.52. The molecule has 0 unspecified atom stereocenters. The molecule has 1 aromatic heterocycles. The number of hydrogen-bond donors (Lipinski definition) is 1. The Labute approximate surface area is 174 Å². The van der Waals surface area contributed by atoms with Crippen molar-refractivity contribution in [2.45, 2.75) is 13.8 Å². The van der Waals surface area contributed by atoms with Gasteiger partial charge in [-0.3, -0.25) is 9.78 Å². The zero-order chi connectivity index (χ0) is 21.8. The van der Waals surface area contributed by atoms with Gasteiger partial charge in [-0.15, -0.1) is 0 Å². The van der Waals surface area contributed by atoms with Gasteiger partial charge in [-0.2, -0.15) is 0 Å². The number of carboxylic acids is 1. The summed E-state index contributed by atoms with van der Waals surface area (Å²) in [7, 11) is 2.93. The van der Waals surface area contributed by atoms with Crippen LogP contribution in [-0.4, -0.2) is 42.7 Å². The normalized spacial score (nSPS) is 10.8. The van der Waals surface area contributed by atoms with E-state index in [1.807, 2.05) is 13.8 Å². The predicted octanol–water partition coefficient (Wildman–Crippen LogP) is 4.22. The summed E-state index contributed by atoms with van der Waals surface area (Å²) in [5.74, 6) is 0.168. The molecule has 0 aliphatic rings. The fraction of sp³-hybridized carbons (Fsp3) is 0.261. The van der Waals surface area contributed by atoms with Crippen LogP contribution in [0.2, 0.25) is 0 Å². The first-order valence-electron chi connectivity index (χ1n) is 9.41. The second-order valence-electron chi connectivity index (χ2n) is 7.14. The monoisotopic (exact) mass is 409 g/mol. The van der Waals surface area contributed by atoms with Crippen molar-refractivity contribution in [2.24, 2.45) is 5.92 Å². The lowest BCUT2D eigenvalue weighted by molar-refractivity contribution is 0.0698. The van der Waals surface area contributed by atoms with Crippen LogP contribution in [0, 0.1) is 5.92 Å². The third-order valence-electron chi connectivity index (χ3n) is 4.52. The number of rotatable bonds is 8. The molecule has 7 heteroatoms. The highest BCUT2D eigenvalue weighted by molar-refractivity contribution is 6.18. The molecule has 0 aliphatic heterocycles. The Morgan fingerprint density at radius 2 is 1.70 bits per heavy atom. The molecule has 0 saturated carbocycles. The second-order valence-corrected chi connectivity index (χ2v) is 7.14. The molecule has 156 valence electrons. The summed E-state index contributed by atoms with van der Waals surface area (Å²) in [6, 6.07) is 9.96. The summed E-state index contributed by atoms with van der Waals surface area (Å²) in [6.07, 6.45) is 1.18. The number of fused-ring (bicyclic) bond motifs is 1. The Bertz CT molecular complexity index is 1110. The van der Waals surface area contributed by atoms with Gasteiger partial charge in [0.2, 0.25) is 5.78 Å². The van der Waals surface area contributed by atoms with Gasteiger partial charge in [-0.1, -0.05) is 26.0 Å². The average molecular weight is 409 g/mol. The molecule has 3 aromatic rings. The second kappa shape index (κ2) is 8.82. The van der Waals surface area contributed by atoms with E-state index in [9.17, 15) is 14.7 Å². The van der Waals surface area contributed by atoms with E-state index in [4.69, 9.17) is 14.2 Å². The van der Waals surface area contributed by atoms with Gasteiger partial charge in [0.15, 0.2) is 11.5 Å². The minimum Gasteiger partial charge on any atom is -0.493 e. The molecule has 1 N–H and O–H groups in total. The molecule has 0 saturated heterocycles. The lowest BCUT2D eigenvalue weighted by Gasteiger charge is -2.13. The van der Waals surface area contributed by atoms with Crippen molar-refractivity contribution < 1.29 is 28.9 Å². The number of aromatic carboxylic acids is 1. The Morgan fingerprint density at radius 1 is 1.03 bits per heavy atom. The number of ketones is 1. The number of carbonyl (C=O) groups excluding carboxylic acids is 1. The lowest BCUT2D eigenvalue weighted by atomic mass is 9.99. The van der Waals surface area contributed by atoms with Gasteiger partial charge in [0.25, 0.3) is 0 Å². The molecule has 0 spiro atoms. The van der Waals surface area contributed by atoms with Gasteiger partial charge in [-0.05, 0) is 30.2 Å². The van der Waals surface area contributed by atoms with Gasteiger partial charge >= 0.3 is 5.97 Å². The standard InChI is InChI=1S/C23H23NO6/c1-13(2)12-30-15-7-5-6-14(8-15)22(25)21-17-10-20(29-4)19(28-3)9-16(17)18(11-24-21)23(26)27/h5-11,13H,12H2,1-4H3,(H,26,27). The zero-order valence-corrected chi connectivity index (χ0v) is 17.3. The fourth-order valence-electron chi connectivity index (χ4n) is 3.04. The van der Waals surface area contributed by atoms with E-state index in [2.05, 4.69) is 4.98 Å². The van der Waals surface area contributed by atoms with Gasteiger partial charge < -0.3 is 19.3 Å². The quantitative estimate of drug-likeness (QED) is 0.557. The van der Waals surface area contributed by atoms with E-state index in [0.717, 1.165) is 0 Å². The van der Waals surface area contributed by atoms with Gasteiger partial charge in [-0.25, -0.2) is 4.79 Å². The van der Waals surface area contributed by atoms with Crippen molar-refractivity contribution in [3.05, 3.63) is 59.4 Å². The van der Waals surface area contributed by atoms with Crippen LogP contribution in [0.15, 0.2) is 42.6 Å². The minimum absolute atomic E-state index is 0.0310. The van der Waals surface area contributed by atoms with Crippen LogP contribution in [-0.2, 0) is 0 Å². The maximum atomic E-state index is 13.2. The Kier molecular flexibility index (Phi) is 6.20. The Morgan fingerprint density at radius 3 is 2.30 bits per heavy atom. The first-order valence-corrected chi connectivity index (χ1v) is 9.41. The topological polar surface area (TPSA) is 95.0 Å². The number of pyridine rings is 1. The number of nitrogens with zero attached hydrogens (tertiary/aromatic N) is 1. The van der Waals surface area contributed by atoms with Crippen molar-refractivity contribution >= 4 is 22.5 Å². The van der Waals surface area contributed by atoms with Gasteiger partial charge in [0.05, 0.1) is 26.4 Å². The van der Waals surface area contributed by atoms with Gasteiger partial charge in [0, 0.05) is 22.5 Å². The highest BCUT2D eigenvalue weighted by atomic mass is 16.5. The molecule has 7 nitrogen and oxygen atoms in total. The fourth-order valence-corrected chi connectivity index (χ4v) is 3.04. The molecule has 30 heavy (non-hydrogen) atoms. The third kappa shape index (κ3) is 4.20. The first kappa shape index (κ1) is 21.1. The zero-order valence-electron chi connectivity index (χ0n) is 17.3. The summed E-state index contributed by atoms with van der Waals surface area (Å²) in [5, 5.41) is 10.3. The molecule has 0 radical (unpaired) electrons. The summed E-state index contributed by atoms with van der Waals surface area (Å²) >= 11 is 0. The number of methoxy groups -OCH3 is 2. The number of ether oxygens (including phenoxy) is 3. The van der Waals surface area contributed by atoms with Crippen LogP contribution in [0.4, 0.5) is 0 Å². The van der Waals surface area contributed by atoms with Crippen LogP contribution in [0.25, 0.3) is 10.8 Å². The SMILES string of the molecule is COc1cc2c(C(=O)O)cnc(C(=O)c3cccc(OCC(C)C)c3)c2cc1OC. The van der Waals surface area contributed by atoms with Crippen LogP contribution in [0.1, 0.15) is 40.3 Å². The molecule has 0 amide bonds. The molecule has 3 rings (SSSR count). The van der Waals surface area contributed by atoms with E-state index in [0.29, 0.717) is 46.1 Å². The highest BCUT2D eigenvalue weighted by Gasteiger charge is 2.21. The van der Waals surface area contributed by atoms with Crippen LogP contribution in [0.5, 0.6) is 17.2 Å². The van der Waals surface area contributed by atoms with E-state index >= 15 is 0 Å². The van der Waals surface area contributed by atoms with E-state index in [1.165, 1.54) is 26.5 Å². The molecule has 0 atom stereocenters. The molecular formula is C23H23NO6. The number of carboxylic acid groups (broad SMARTS) is 1. The first-order chi connectivity index (χ1) is 14.3. The van der Waals surface area contributed by atoms with Gasteiger partial charge in [0.1, 0.15) is 11.4 Å². The van der Waals surface area contributed by atoms with Crippen molar-refractivity contribution in [1.82, 2.24) is 4.98 Å². The molecule has 0 fully saturated rings. The Balaban J connectivity index is 2.14. The summed E-state index contributed by atoms with van der Waals surface area (Å²) in [4.78, 5) is 29.1. The molecule has 2 aromatic carbocycles. The molecule has 1 heterocycles. The number of benzene rings is 2. The average Bonchev–Trinajstić information content (AvgIpc) is 2.75. The molecule has 0 bridgehead atoms. The van der Waals surface area contributed by atoms with E-state index in [-0.39, 0.29) is 17.0 Å². The Hall–Kier alpha value is -3.61. The van der Waals surface area contributed by atoms with Crippen LogP contribution >= 0.6 is 0 Å². The molecule has 0 aliphatic carbocycles. The van der Waals surface area contributed by atoms with Crippen LogP contribution in [0.3, 0.4) is 0 Å². The summed E-state index contributed by atoms with van der Waals surface area (Å²) < 4.78 is 16.3. The van der Waals surface area contributed by atoms with Crippen LogP contribution < -0.4 is 14.2 Å². The van der Waals surface area contributed by atoms with Crippen molar-refractivity contribution in [1.29, 1.82) is 0 Å². The lowest BCUT2D eigenvalue weighted by Crippen LogP contribution is -2.09. The minimum atomic E-state index is -1.15.